The number of nitrogen functional groups attached to an aromatic ring is 1. The van der Waals surface area contributed by atoms with Gasteiger partial charge in [0.15, 0.2) is 0 Å². The summed E-state index contributed by atoms with van der Waals surface area (Å²) in [6.07, 6.45) is 0.143. The molecule has 4 N–H and O–H groups in total. The zero-order chi connectivity index (χ0) is 12.7. The molecule has 0 fully saturated rings. The molecule has 5 heteroatoms. The van der Waals surface area contributed by atoms with E-state index in [0.29, 0.717) is 31.0 Å². The predicted molar refractivity (Wildman–Crippen MR) is 68.4 cm³/mol. The Morgan fingerprint density at radius 2 is 2.18 bits per heavy atom. The fraction of sp³-hybridized carbons (Fsp3) is 0.500. The van der Waals surface area contributed by atoms with Gasteiger partial charge < -0.3 is 25.6 Å². The van der Waals surface area contributed by atoms with E-state index in [2.05, 4.69) is 5.32 Å². The van der Waals surface area contributed by atoms with Gasteiger partial charge in [-0.05, 0) is 18.6 Å². The van der Waals surface area contributed by atoms with Gasteiger partial charge in [0, 0.05) is 13.7 Å². The molecule has 0 amide bonds. The molecule has 1 aromatic carbocycles. The molecule has 5 nitrogen and oxygen atoms in total. The van der Waals surface area contributed by atoms with Crippen LogP contribution in [0.3, 0.4) is 0 Å². The zero-order valence-electron chi connectivity index (χ0n) is 10.3. The minimum atomic E-state index is -0.459. The van der Waals surface area contributed by atoms with Gasteiger partial charge in [-0.2, -0.15) is 0 Å². The zero-order valence-corrected chi connectivity index (χ0v) is 10.3. The van der Waals surface area contributed by atoms with Crippen LogP contribution in [0.1, 0.15) is 6.42 Å². The molecule has 0 saturated heterocycles. The van der Waals surface area contributed by atoms with Crippen molar-refractivity contribution in [2.75, 3.05) is 38.4 Å². The molecule has 1 rings (SSSR count). The number of anilines is 2. The smallest absolute Gasteiger partial charge is 0.143 e. The normalized spacial score (nSPS) is 12.2. The number of nitrogens with two attached hydrogens (primary N) is 1. The third-order valence-electron chi connectivity index (χ3n) is 2.44. The highest BCUT2D eigenvalue weighted by molar-refractivity contribution is 5.72. The second-order valence-electron chi connectivity index (χ2n) is 3.75. The first-order valence-corrected chi connectivity index (χ1v) is 5.52. The summed E-state index contributed by atoms with van der Waals surface area (Å²) in [7, 11) is 3.15. The Labute approximate surface area is 102 Å². The molecule has 0 saturated carbocycles. The first kappa shape index (κ1) is 13.6. The van der Waals surface area contributed by atoms with E-state index in [1.807, 2.05) is 12.1 Å². The number of para-hydroxylation sites is 1. The minimum absolute atomic E-state index is 0.343. The van der Waals surface area contributed by atoms with Crippen LogP contribution < -0.4 is 15.8 Å². The van der Waals surface area contributed by atoms with E-state index in [-0.39, 0.29) is 0 Å². The van der Waals surface area contributed by atoms with E-state index >= 15 is 0 Å². The lowest BCUT2D eigenvalue weighted by molar-refractivity contribution is 0.0615. The lowest BCUT2D eigenvalue weighted by Gasteiger charge is -2.14. The number of nitrogens with one attached hydrogen (secondary N) is 1. The predicted octanol–water partition coefficient (Wildman–Crippen LogP) is 1.09. The molecular weight excluding hydrogens is 220 g/mol. The third kappa shape index (κ3) is 4.13. The maximum Gasteiger partial charge on any atom is 0.143 e. The van der Waals surface area contributed by atoms with Gasteiger partial charge in [-0.3, -0.25) is 0 Å². The molecule has 0 aliphatic carbocycles. The molecular formula is C12H20N2O3. The highest BCUT2D eigenvalue weighted by Gasteiger charge is 2.06. The topological polar surface area (TPSA) is 76.7 Å². The maximum absolute atomic E-state index is 9.48. The van der Waals surface area contributed by atoms with Crippen LogP contribution in [0.4, 0.5) is 11.4 Å². The van der Waals surface area contributed by atoms with Crippen molar-refractivity contribution in [1.82, 2.24) is 0 Å². The lowest BCUT2D eigenvalue weighted by Crippen LogP contribution is -2.18. The molecule has 0 radical (unpaired) electrons. The summed E-state index contributed by atoms with van der Waals surface area (Å²) in [4.78, 5) is 0. The van der Waals surface area contributed by atoms with Crippen molar-refractivity contribution in [3.63, 3.8) is 0 Å². The lowest BCUT2D eigenvalue weighted by atomic mass is 10.2. The molecule has 0 aliphatic rings. The Kier molecular flexibility index (Phi) is 5.59. The SMILES string of the molecule is COCC(O)CCNc1cccc(OC)c1N. The number of benzene rings is 1. The van der Waals surface area contributed by atoms with Crippen molar-refractivity contribution in [2.24, 2.45) is 0 Å². The number of rotatable bonds is 7. The number of ether oxygens (including phenoxy) is 2. The Morgan fingerprint density at radius 1 is 1.41 bits per heavy atom. The van der Waals surface area contributed by atoms with Gasteiger partial charge in [0.1, 0.15) is 5.75 Å². The molecule has 0 heterocycles. The summed E-state index contributed by atoms with van der Waals surface area (Å²) in [5.41, 5.74) is 7.29. The monoisotopic (exact) mass is 240 g/mol. The molecule has 0 bridgehead atoms. The highest BCUT2D eigenvalue weighted by atomic mass is 16.5. The van der Waals surface area contributed by atoms with Crippen LogP contribution in [0.15, 0.2) is 18.2 Å². The second kappa shape index (κ2) is 6.98. The van der Waals surface area contributed by atoms with Crippen LogP contribution >= 0.6 is 0 Å². The van der Waals surface area contributed by atoms with Crippen LogP contribution in [0.25, 0.3) is 0 Å². The third-order valence-corrected chi connectivity index (χ3v) is 2.44. The number of aliphatic hydroxyl groups excluding tert-OH is 1. The van der Waals surface area contributed by atoms with Gasteiger partial charge in [0.2, 0.25) is 0 Å². The van der Waals surface area contributed by atoms with Crippen molar-refractivity contribution in [3.05, 3.63) is 18.2 Å². The molecule has 0 aliphatic heterocycles. The molecule has 1 aromatic rings. The first-order valence-electron chi connectivity index (χ1n) is 5.52. The van der Waals surface area contributed by atoms with Gasteiger partial charge in [-0.15, -0.1) is 0 Å². The number of hydrogen-bond acceptors (Lipinski definition) is 5. The summed E-state index contributed by atoms with van der Waals surface area (Å²) in [5, 5.41) is 12.6. The quantitative estimate of drug-likeness (QED) is 0.622. The van der Waals surface area contributed by atoms with Crippen LogP contribution in [0.2, 0.25) is 0 Å². The number of aliphatic hydroxyl groups is 1. The largest absolute Gasteiger partial charge is 0.495 e. The van der Waals surface area contributed by atoms with Crippen molar-refractivity contribution in [2.45, 2.75) is 12.5 Å². The second-order valence-corrected chi connectivity index (χ2v) is 3.75. The highest BCUT2D eigenvalue weighted by Crippen LogP contribution is 2.28. The van der Waals surface area contributed by atoms with Crippen LogP contribution in [-0.2, 0) is 4.74 Å². The van der Waals surface area contributed by atoms with E-state index in [0.717, 1.165) is 5.69 Å². The van der Waals surface area contributed by atoms with Crippen LogP contribution in [-0.4, -0.2) is 38.6 Å². The summed E-state index contributed by atoms with van der Waals surface area (Å²) < 4.78 is 9.96. The Hall–Kier alpha value is -1.46. The fourth-order valence-corrected chi connectivity index (χ4v) is 1.53. The van der Waals surface area contributed by atoms with Crippen molar-refractivity contribution < 1.29 is 14.6 Å². The summed E-state index contributed by atoms with van der Waals surface area (Å²) in [6.45, 7) is 0.969. The van der Waals surface area contributed by atoms with E-state index in [1.54, 1.807) is 20.3 Å². The van der Waals surface area contributed by atoms with E-state index in [4.69, 9.17) is 15.2 Å². The van der Waals surface area contributed by atoms with Gasteiger partial charge in [0.05, 0.1) is 31.2 Å². The molecule has 1 unspecified atom stereocenters. The Balaban J connectivity index is 2.46. The van der Waals surface area contributed by atoms with Crippen molar-refractivity contribution in [3.8, 4) is 5.75 Å². The minimum Gasteiger partial charge on any atom is -0.495 e. The summed E-state index contributed by atoms with van der Waals surface area (Å²) in [6, 6.07) is 5.55. The van der Waals surface area contributed by atoms with E-state index in [9.17, 15) is 5.11 Å². The molecule has 1 atom stereocenters. The van der Waals surface area contributed by atoms with E-state index < -0.39 is 6.10 Å². The van der Waals surface area contributed by atoms with Crippen molar-refractivity contribution in [1.29, 1.82) is 0 Å². The van der Waals surface area contributed by atoms with E-state index in [1.165, 1.54) is 0 Å². The summed E-state index contributed by atoms with van der Waals surface area (Å²) >= 11 is 0. The van der Waals surface area contributed by atoms with Gasteiger partial charge in [-0.1, -0.05) is 6.07 Å². The first-order chi connectivity index (χ1) is 8.19. The van der Waals surface area contributed by atoms with Gasteiger partial charge >= 0.3 is 0 Å². The Bertz CT molecular complexity index is 345. The fourth-order valence-electron chi connectivity index (χ4n) is 1.53. The molecule has 0 spiro atoms. The number of methoxy groups -OCH3 is 2. The van der Waals surface area contributed by atoms with Crippen molar-refractivity contribution >= 4 is 11.4 Å². The summed E-state index contributed by atoms with van der Waals surface area (Å²) in [5.74, 6) is 0.646. The Morgan fingerprint density at radius 3 is 2.82 bits per heavy atom. The average molecular weight is 240 g/mol. The van der Waals surface area contributed by atoms with Gasteiger partial charge in [0.25, 0.3) is 0 Å². The maximum atomic E-state index is 9.48. The number of hydrogen-bond donors (Lipinski definition) is 3. The molecule has 17 heavy (non-hydrogen) atoms. The molecule has 96 valence electrons. The van der Waals surface area contributed by atoms with Crippen LogP contribution in [0.5, 0.6) is 5.75 Å². The van der Waals surface area contributed by atoms with Gasteiger partial charge in [-0.25, -0.2) is 0 Å². The van der Waals surface area contributed by atoms with Crippen LogP contribution in [0, 0.1) is 0 Å². The standard InChI is InChI=1S/C12H20N2O3/c1-16-8-9(15)6-7-14-10-4-3-5-11(17-2)12(10)13/h3-5,9,14-15H,6-8,13H2,1-2H3. The molecule has 0 aromatic heterocycles. The average Bonchev–Trinajstić information content (AvgIpc) is 2.32.